The van der Waals surface area contributed by atoms with Crippen molar-refractivity contribution in [1.82, 2.24) is 0 Å². The molecule has 5 N–H and O–H groups in total. The van der Waals surface area contributed by atoms with Gasteiger partial charge < -0.3 is 16.6 Å². The smallest absolute Gasteiger partial charge is 0.336 e. The van der Waals surface area contributed by atoms with Crippen LogP contribution in [-0.4, -0.2) is 22.5 Å². The Morgan fingerprint density at radius 2 is 2.19 bits per heavy atom. The standard InChI is InChI=1S/C9H11N3O4/c10-4-8(11)6-2-1-5(12(15)16)3-7(6)9(13)14/h1-3,8H,4,10-11H2,(H,13,14)/t8-/m0/s1. The van der Waals surface area contributed by atoms with Crippen LogP contribution < -0.4 is 11.5 Å². The topological polar surface area (TPSA) is 132 Å². The average molecular weight is 225 g/mol. The molecule has 0 spiro atoms. The largest absolute Gasteiger partial charge is 0.478 e. The quantitative estimate of drug-likeness (QED) is 0.497. The van der Waals surface area contributed by atoms with E-state index in [2.05, 4.69) is 0 Å². The number of rotatable bonds is 4. The number of nitrogens with zero attached hydrogens (tertiary/aromatic N) is 1. The summed E-state index contributed by atoms with van der Waals surface area (Å²) in [4.78, 5) is 20.7. The Kier molecular flexibility index (Phi) is 3.54. The maximum Gasteiger partial charge on any atom is 0.336 e. The minimum Gasteiger partial charge on any atom is -0.478 e. The summed E-state index contributed by atoms with van der Waals surface area (Å²) in [6.07, 6.45) is 0. The van der Waals surface area contributed by atoms with Crippen molar-refractivity contribution >= 4 is 11.7 Å². The molecule has 0 radical (unpaired) electrons. The normalized spacial score (nSPS) is 12.1. The summed E-state index contributed by atoms with van der Waals surface area (Å²) < 4.78 is 0. The van der Waals surface area contributed by atoms with Crippen LogP contribution in [-0.2, 0) is 0 Å². The zero-order valence-electron chi connectivity index (χ0n) is 8.29. The van der Waals surface area contributed by atoms with E-state index in [9.17, 15) is 14.9 Å². The predicted octanol–water partition coefficient (Wildman–Crippen LogP) is 0.252. The fraction of sp³-hybridized carbons (Fsp3) is 0.222. The Bertz CT molecular complexity index is 433. The Balaban J connectivity index is 3.30. The van der Waals surface area contributed by atoms with E-state index < -0.39 is 16.9 Å². The van der Waals surface area contributed by atoms with Crippen molar-refractivity contribution in [3.05, 3.63) is 39.4 Å². The molecule has 16 heavy (non-hydrogen) atoms. The second-order valence-electron chi connectivity index (χ2n) is 3.18. The molecule has 0 amide bonds. The fourth-order valence-electron chi connectivity index (χ4n) is 1.29. The number of hydrogen-bond acceptors (Lipinski definition) is 5. The van der Waals surface area contributed by atoms with Gasteiger partial charge in [0.1, 0.15) is 0 Å². The summed E-state index contributed by atoms with van der Waals surface area (Å²) in [6, 6.07) is 2.86. The Morgan fingerprint density at radius 3 is 2.62 bits per heavy atom. The van der Waals surface area contributed by atoms with Crippen LogP contribution in [0.4, 0.5) is 5.69 Å². The molecule has 0 bridgehead atoms. The Morgan fingerprint density at radius 1 is 1.56 bits per heavy atom. The summed E-state index contributed by atoms with van der Waals surface area (Å²) in [5.41, 5.74) is 10.7. The highest BCUT2D eigenvalue weighted by Gasteiger charge is 2.18. The van der Waals surface area contributed by atoms with Gasteiger partial charge in [0.2, 0.25) is 0 Å². The number of aromatic carboxylic acids is 1. The number of non-ortho nitro benzene ring substituents is 1. The molecule has 7 heteroatoms. The zero-order chi connectivity index (χ0) is 12.3. The minimum absolute atomic E-state index is 0.0676. The summed E-state index contributed by atoms with van der Waals surface area (Å²) >= 11 is 0. The second kappa shape index (κ2) is 4.69. The minimum atomic E-state index is -1.26. The first-order valence-corrected chi connectivity index (χ1v) is 4.44. The number of hydrogen-bond donors (Lipinski definition) is 3. The van der Waals surface area contributed by atoms with Gasteiger partial charge in [-0.1, -0.05) is 0 Å². The molecule has 7 nitrogen and oxygen atoms in total. The van der Waals surface area contributed by atoms with Gasteiger partial charge in [0.25, 0.3) is 5.69 Å². The van der Waals surface area contributed by atoms with Crippen LogP contribution in [0, 0.1) is 10.1 Å². The molecule has 1 aromatic rings. The number of carboxylic acids is 1. The molecule has 1 atom stereocenters. The molecule has 0 saturated heterocycles. The lowest BCUT2D eigenvalue weighted by molar-refractivity contribution is -0.384. The lowest BCUT2D eigenvalue weighted by Gasteiger charge is -2.11. The monoisotopic (exact) mass is 225 g/mol. The van der Waals surface area contributed by atoms with E-state index >= 15 is 0 Å². The molecule has 0 saturated carbocycles. The molecular formula is C9H11N3O4. The first kappa shape index (κ1) is 12.1. The van der Waals surface area contributed by atoms with Crippen molar-refractivity contribution in [1.29, 1.82) is 0 Å². The predicted molar refractivity (Wildman–Crippen MR) is 56.0 cm³/mol. The highest BCUT2D eigenvalue weighted by atomic mass is 16.6. The van der Waals surface area contributed by atoms with Crippen molar-refractivity contribution < 1.29 is 14.8 Å². The van der Waals surface area contributed by atoms with E-state index in [1.165, 1.54) is 12.1 Å². The molecule has 0 aromatic heterocycles. The third-order valence-corrected chi connectivity index (χ3v) is 2.13. The lowest BCUT2D eigenvalue weighted by atomic mass is 10.0. The molecule has 0 aliphatic heterocycles. The highest BCUT2D eigenvalue weighted by molar-refractivity contribution is 5.90. The molecule has 0 unspecified atom stereocenters. The number of nitrogens with two attached hydrogens (primary N) is 2. The van der Waals surface area contributed by atoms with E-state index in [1.807, 2.05) is 0 Å². The number of carbonyl (C=O) groups is 1. The van der Waals surface area contributed by atoms with Crippen LogP contribution in [0.25, 0.3) is 0 Å². The molecule has 86 valence electrons. The Hall–Kier alpha value is -1.99. The molecule has 0 fully saturated rings. The lowest BCUT2D eigenvalue weighted by Crippen LogP contribution is -2.23. The summed E-state index contributed by atoms with van der Waals surface area (Å²) in [7, 11) is 0. The molecular weight excluding hydrogens is 214 g/mol. The van der Waals surface area contributed by atoms with E-state index in [-0.39, 0.29) is 17.8 Å². The number of nitro groups is 1. The SMILES string of the molecule is NC[C@H](N)c1ccc([N+](=O)[O-])cc1C(=O)O. The van der Waals surface area contributed by atoms with Gasteiger partial charge in [-0.05, 0) is 11.6 Å². The van der Waals surface area contributed by atoms with Gasteiger partial charge >= 0.3 is 5.97 Å². The fourth-order valence-corrected chi connectivity index (χ4v) is 1.29. The van der Waals surface area contributed by atoms with Crippen LogP contribution in [0.15, 0.2) is 18.2 Å². The van der Waals surface area contributed by atoms with Crippen molar-refractivity contribution in [3.63, 3.8) is 0 Å². The number of nitro benzene ring substituents is 1. The average Bonchev–Trinajstić information content (AvgIpc) is 2.26. The van der Waals surface area contributed by atoms with Gasteiger partial charge in [-0.15, -0.1) is 0 Å². The molecule has 0 aliphatic carbocycles. The van der Waals surface area contributed by atoms with Crippen LogP contribution in [0.3, 0.4) is 0 Å². The molecule has 1 aromatic carbocycles. The zero-order valence-corrected chi connectivity index (χ0v) is 8.29. The van der Waals surface area contributed by atoms with Crippen LogP contribution in [0.5, 0.6) is 0 Å². The Labute approximate surface area is 90.8 Å². The summed E-state index contributed by atoms with van der Waals surface area (Å²) in [6.45, 7) is 0.0676. The summed E-state index contributed by atoms with van der Waals surface area (Å²) in [5.74, 6) is -1.26. The van der Waals surface area contributed by atoms with Crippen molar-refractivity contribution in [2.45, 2.75) is 6.04 Å². The maximum atomic E-state index is 10.9. The third-order valence-electron chi connectivity index (χ3n) is 2.13. The van der Waals surface area contributed by atoms with E-state index in [0.717, 1.165) is 6.07 Å². The second-order valence-corrected chi connectivity index (χ2v) is 3.18. The van der Waals surface area contributed by atoms with Gasteiger partial charge in [-0.25, -0.2) is 4.79 Å². The van der Waals surface area contributed by atoms with Gasteiger partial charge in [0, 0.05) is 24.7 Å². The van der Waals surface area contributed by atoms with Crippen LogP contribution in [0.1, 0.15) is 22.0 Å². The van der Waals surface area contributed by atoms with Gasteiger partial charge in [-0.2, -0.15) is 0 Å². The van der Waals surface area contributed by atoms with Gasteiger partial charge in [0.05, 0.1) is 10.5 Å². The van der Waals surface area contributed by atoms with E-state index in [0.29, 0.717) is 5.56 Å². The van der Waals surface area contributed by atoms with Gasteiger partial charge in [0.15, 0.2) is 0 Å². The number of carboxylic acid groups (broad SMARTS) is 1. The van der Waals surface area contributed by atoms with Crippen LogP contribution in [0.2, 0.25) is 0 Å². The molecule has 0 heterocycles. The molecule has 1 rings (SSSR count). The summed E-state index contributed by atoms with van der Waals surface area (Å²) in [5, 5.41) is 19.4. The molecule has 0 aliphatic rings. The van der Waals surface area contributed by atoms with Crippen LogP contribution >= 0.6 is 0 Å². The van der Waals surface area contributed by atoms with Gasteiger partial charge in [-0.3, -0.25) is 10.1 Å². The van der Waals surface area contributed by atoms with Crippen molar-refractivity contribution in [2.75, 3.05) is 6.54 Å². The van der Waals surface area contributed by atoms with Crippen molar-refractivity contribution in [3.8, 4) is 0 Å². The number of benzene rings is 1. The van der Waals surface area contributed by atoms with E-state index in [1.54, 1.807) is 0 Å². The first-order chi connectivity index (χ1) is 7.47. The maximum absolute atomic E-state index is 10.9. The van der Waals surface area contributed by atoms with Crippen molar-refractivity contribution in [2.24, 2.45) is 11.5 Å². The third kappa shape index (κ3) is 2.33. The highest BCUT2D eigenvalue weighted by Crippen LogP contribution is 2.21. The first-order valence-electron chi connectivity index (χ1n) is 4.44. The van der Waals surface area contributed by atoms with E-state index in [4.69, 9.17) is 16.6 Å².